The van der Waals surface area contributed by atoms with Gasteiger partial charge in [-0.15, -0.1) is 0 Å². The molecule has 0 radical (unpaired) electrons. The van der Waals surface area contributed by atoms with Crippen LogP contribution >= 0.6 is 11.8 Å². The van der Waals surface area contributed by atoms with E-state index in [1.807, 2.05) is 6.26 Å². The van der Waals surface area contributed by atoms with Crippen LogP contribution in [-0.4, -0.2) is 66.1 Å². The first-order chi connectivity index (χ1) is 9.99. The number of carbonyl (C=O) groups is 3. The van der Waals surface area contributed by atoms with E-state index in [1.54, 1.807) is 7.05 Å². The molecule has 0 aliphatic carbocycles. The van der Waals surface area contributed by atoms with Crippen molar-refractivity contribution in [1.29, 1.82) is 0 Å². The van der Waals surface area contributed by atoms with Gasteiger partial charge in [0.05, 0.1) is 5.92 Å². The summed E-state index contributed by atoms with van der Waals surface area (Å²) in [6, 6.07) is -1.29. The number of carboxylic acids is 1. The Kier molecular flexibility index (Phi) is 7.35. The van der Waals surface area contributed by atoms with Crippen molar-refractivity contribution in [2.75, 3.05) is 32.1 Å². The van der Waals surface area contributed by atoms with Crippen molar-refractivity contribution in [3.8, 4) is 0 Å². The lowest BCUT2D eigenvalue weighted by Gasteiger charge is -2.32. The average molecular weight is 317 g/mol. The number of rotatable bonds is 6. The van der Waals surface area contributed by atoms with Gasteiger partial charge in [0.25, 0.3) is 0 Å². The molecule has 0 aromatic heterocycles. The lowest BCUT2D eigenvalue weighted by Crippen LogP contribution is -2.52. The zero-order valence-corrected chi connectivity index (χ0v) is 13.2. The SMILES string of the molecule is CNC(=O)C1CCCN(C(=O)N[C@H](CCSC)C(=O)O)C1. The number of hydrogen-bond acceptors (Lipinski definition) is 4. The van der Waals surface area contributed by atoms with Gasteiger partial charge < -0.3 is 20.6 Å². The Morgan fingerprint density at radius 3 is 2.71 bits per heavy atom. The first kappa shape index (κ1) is 17.6. The van der Waals surface area contributed by atoms with Crippen molar-refractivity contribution in [2.45, 2.75) is 25.3 Å². The number of urea groups is 1. The molecule has 1 aliphatic heterocycles. The molecule has 8 heteroatoms. The minimum atomic E-state index is -1.03. The molecule has 2 atom stereocenters. The second kappa shape index (κ2) is 8.76. The predicted octanol–water partition coefficient (Wildman–Crippen LogP) is 0.360. The molecule has 0 aromatic carbocycles. The highest BCUT2D eigenvalue weighted by Gasteiger charge is 2.29. The Labute approximate surface area is 128 Å². The first-order valence-corrected chi connectivity index (χ1v) is 8.37. The number of likely N-dealkylation sites (tertiary alicyclic amines) is 1. The van der Waals surface area contributed by atoms with Crippen LogP contribution in [0.25, 0.3) is 0 Å². The molecule has 0 bridgehead atoms. The highest BCUT2D eigenvalue weighted by atomic mass is 32.2. The van der Waals surface area contributed by atoms with Crippen molar-refractivity contribution in [3.63, 3.8) is 0 Å². The Balaban J connectivity index is 2.56. The number of hydrogen-bond donors (Lipinski definition) is 3. The highest BCUT2D eigenvalue weighted by Crippen LogP contribution is 2.16. The molecular weight excluding hydrogens is 294 g/mol. The summed E-state index contributed by atoms with van der Waals surface area (Å²) in [5.41, 5.74) is 0. The topological polar surface area (TPSA) is 98.7 Å². The summed E-state index contributed by atoms with van der Waals surface area (Å²) in [7, 11) is 1.57. The molecule has 0 aromatic rings. The van der Waals surface area contributed by atoms with Gasteiger partial charge >= 0.3 is 12.0 Å². The molecule has 1 aliphatic rings. The van der Waals surface area contributed by atoms with E-state index in [4.69, 9.17) is 5.11 Å². The van der Waals surface area contributed by atoms with Crippen LogP contribution in [0.5, 0.6) is 0 Å². The van der Waals surface area contributed by atoms with Crippen molar-refractivity contribution >= 4 is 29.7 Å². The molecule has 1 saturated heterocycles. The van der Waals surface area contributed by atoms with Crippen molar-refractivity contribution < 1.29 is 19.5 Å². The number of aliphatic carboxylic acids is 1. The van der Waals surface area contributed by atoms with E-state index in [9.17, 15) is 14.4 Å². The molecule has 3 N–H and O–H groups in total. The van der Waals surface area contributed by atoms with Gasteiger partial charge in [-0.1, -0.05) is 0 Å². The Morgan fingerprint density at radius 1 is 1.43 bits per heavy atom. The average Bonchev–Trinajstić information content (AvgIpc) is 2.50. The van der Waals surface area contributed by atoms with Crippen molar-refractivity contribution in [1.82, 2.24) is 15.5 Å². The second-order valence-corrected chi connectivity index (χ2v) is 6.01. The minimum Gasteiger partial charge on any atom is -0.480 e. The van der Waals surface area contributed by atoms with E-state index in [1.165, 1.54) is 16.7 Å². The van der Waals surface area contributed by atoms with Gasteiger partial charge in [0, 0.05) is 20.1 Å². The number of thioether (sulfide) groups is 1. The molecule has 3 amide bonds. The van der Waals surface area contributed by atoms with Crippen molar-refractivity contribution in [2.24, 2.45) is 5.92 Å². The molecule has 7 nitrogen and oxygen atoms in total. The predicted molar refractivity (Wildman–Crippen MR) is 81.3 cm³/mol. The zero-order chi connectivity index (χ0) is 15.8. The summed E-state index contributed by atoms with van der Waals surface area (Å²) < 4.78 is 0. The van der Waals surface area contributed by atoms with Crippen LogP contribution in [-0.2, 0) is 9.59 Å². The molecule has 0 saturated carbocycles. The fourth-order valence-electron chi connectivity index (χ4n) is 2.31. The Hall–Kier alpha value is -1.44. The first-order valence-electron chi connectivity index (χ1n) is 6.98. The third-order valence-electron chi connectivity index (χ3n) is 3.53. The summed E-state index contributed by atoms with van der Waals surface area (Å²) in [5, 5.41) is 14.2. The number of carboxylic acid groups (broad SMARTS) is 1. The summed E-state index contributed by atoms with van der Waals surface area (Å²) in [6.07, 6.45) is 3.76. The molecule has 1 rings (SSSR count). The van der Waals surface area contributed by atoms with Gasteiger partial charge in [0.1, 0.15) is 6.04 Å². The van der Waals surface area contributed by atoms with Crippen LogP contribution in [0, 0.1) is 5.92 Å². The van der Waals surface area contributed by atoms with E-state index in [-0.39, 0.29) is 11.8 Å². The smallest absolute Gasteiger partial charge is 0.326 e. The number of nitrogens with zero attached hydrogens (tertiary/aromatic N) is 1. The monoisotopic (exact) mass is 317 g/mol. The summed E-state index contributed by atoms with van der Waals surface area (Å²) in [5.74, 6) is -0.663. The summed E-state index contributed by atoms with van der Waals surface area (Å²) in [6.45, 7) is 0.883. The third-order valence-corrected chi connectivity index (χ3v) is 4.18. The zero-order valence-electron chi connectivity index (χ0n) is 12.4. The van der Waals surface area contributed by atoms with Crippen LogP contribution < -0.4 is 10.6 Å². The molecule has 0 spiro atoms. The number of amides is 3. The fourth-order valence-corrected chi connectivity index (χ4v) is 2.78. The van der Waals surface area contributed by atoms with Crippen LogP contribution in [0.2, 0.25) is 0 Å². The van der Waals surface area contributed by atoms with Gasteiger partial charge in [-0.05, 0) is 31.3 Å². The van der Waals surface area contributed by atoms with E-state index in [2.05, 4.69) is 10.6 Å². The molecule has 21 heavy (non-hydrogen) atoms. The largest absolute Gasteiger partial charge is 0.480 e. The van der Waals surface area contributed by atoms with Crippen LogP contribution in [0.15, 0.2) is 0 Å². The lowest BCUT2D eigenvalue weighted by atomic mass is 9.97. The fraction of sp³-hybridized carbons (Fsp3) is 0.769. The van der Waals surface area contributed by atoms with E-state index < -0.39 is 18.0 Å². The van der Waals surface area contributed by atoms with E-state index in [0.29, 0.717) is 25.3 Å². The molecule has 1 fully saturated rings. The van der Waals surface area contributed by atoms with Crippen LogP contribution in [0.4, 0.5) is 4.79 Å². The van der Waals surface area contributed by atoms with Crippen LogP contribution in [0.3, 0.4) is 0 Å². The van der Waals surface area contributed by atoms with Gasteiger partial charge in [-0.25, -0.2) is 9.59 Å². The number of nitrogens with one attached hydrogen (secondary N) is 2. The van der Waals surface area contributed by atoms with Gasteiger partial charge in [0.15, 0.2) is 0 Å². The summed E-state index contributed by atoms with van der Waals surface area (Å²) >= 11 is 1.54. The molecular formula is C13H23N3O4S. The Bertz CT molecular complexity index is 392. The van der Waals surface area contributed by atoms with Gasteiger partial charge in [-0.2, -0.15) is 11.8 Å². The second-order valence-electron chi connectivity index (χ2n) is 5.02. The highest BCUT2D eigenvalue weighted by molar-refractivity contribution is 7.98. The van der Waals surface area contributed by atoms with Gasteiger partial charge in [0.2, 0.25) is 5.91 Å². The van der Waals surface area contributed by atoms with Gasteiger partial charge in [-0.3, -0.25) is 4.79 Å². The quantitative estimate of drug-likeness (QED) is 0.657. The summed E-state index contributed by atoms with van der Waals surface area (Å²) in [4.78, 5) is 36.4. The maximum Gasteiger partial charge on any atom is 0.326 e. The van der Waals surface area contributed by atoms with E-state index >= 15 is 0 Å². The molecule has 1 unspecified atom stereocenters. The van der Waals surface area contributed by atoms with E-state index in [0.717, 1.165) is 12.8 Å². The number of carbonyl (C=O) groups excluding carboxylic acids is 2. The standard InChI is InChI=1S/C13H23N3O4S/c1-14-11(17)9-4-3-6-16(8-9)13(20)15-10(12(18)19)5-7-21-2/h9-10H,3-8H2,1-2H3,(H,14,17)(H,15,20)(H,18,19)/t9?,10-/m1/s1. The molecule has 1 heterocycles. The maximum atomic E-state index is 12.1. The lowest BCUT2D eigenvalue weighted by molar-refractivity contribution is -0.139. The van der Waals surface area contributed by atoms with Crippen LogP contribution in [0.1, 0.15) is 19.3 Å². The normalized spacial score (nSPS) is 19.7. The minimum absolute atomic E-state index is 0.0790. The third kappa shape index (κ3) is 5.45. The van der Waals surface area contributed by atoms with Crippen molar-refractivity contribution in [3.05, 3.63) is 0 Å². The molecule has 120 valence electrons. The Morgan fingerprint density at radius 2 is 2.14 bits per heavy atom. The maximum absolute atomic E-state index is 12.1. The number of piperidine rings is 1.